The van der Waals surface area contributed by atoms with E-state index in [9.17, 15) is 4.79 Å². The zero-order valence-electron chi connectivity index (χ0n) is 14.7. The van der Waals surface area contributed by atoms with Gasteiger partial charge in [0.1, 0.15) is 5.76 Å². The predicted molar refractivity (Wildman–Crippen MR) is 93.3 cm³/mol. The zero-order chi connectivity index (χ0) is 17.5. The van der Waals surface area contributed by atoms with Crippen LogP contribution in [0.2, 0.25) is 0 Å². The molecule has 0 saturated carbocycles. The molecule has 2 rings (SSSR count). The monoisotopic (exact) mass is 333 g/mol. The summed E-state index contributed by atoms with van der Waals surface area (Å²) in [5.41, 5.74) is 3.82. The van der Waals surface area contributed by atoms with Crippen LogP contribution < -0.4 is 5.48 Å². The van der Waals surface area contributed by atoms with Crippen LogP contribution in [0.25, 0.3) is 5.76 Å². The molecule has 0 saturated heterocycles. The van der Waals surface area contributed by atoms with Crippen molar-refractivity contribution in [1.29, 1.82) is 0 Å². The van der Waals surface area contributed by atoms with E-state index >= 15 is 0 Å². The summed E-state index contributed by atoms with van der Waals surface area (Å²) >= 11 is 0. The van der Waals surface area contributed by atoms with Crippen molar-refractivity contribution in [3.63, 3.8) is 0 Å². The Bertz CT molecular complexity index is 569. The smallest absolute Gasteiger partial charge is 0.284 e. The number of ether oxygens (including phenoxy) is 1. The summed E-state index contributed by atoms with van der Waals surface area (Å²) in [7, 11) is 6.31. The molecule has 1 aliphatic rings. The van der Waals surface area contributed by atoms with Gasteiger partial charge in [-0.3, -0.25) is 10.0 Å². The number of rotatable bonds is 8. The van der Waals surface area contributed by atoms with Gasteiger partial charge in [-0.15, -0.1) is 0 Å². The Morgan fingerprint density at radius 1 is 1.25 bits per heavy atom. The van der Waals surface area contributed by atoms with E-state index in [0.717, 1.165) is 31.6 Å². The average molecular weight is 333 g/mol. The fourth-order valence-electron chi connectivity index (χ4n) is 2.70. The first-order valence-electron chi connectivity index (χ1n) is 8.23. The molecule has 1 atom stereocenters. The minimum atomic E-state index is -0.646. The van der Waals surface area contributed by atoms with Crippen molar-refractivity contribution in [3.8, 4) is 0 Å². The predicted octanol–water partition coefficient (Wildman–Crippen LogP) is 1.71. The SMILES string of the molecule is CN(C)CCCN(C)Cc1ccc(C2=CCC(C(=O)NO)O2)cc1. The van der Waals surface area contributed by atoms with Gasteiger partial charge in [-0.1, -0.05) is 24.3 Å². The van der Waals surface area contributed by atoms with Gasteiger partial charge in [-0.25, -0.2) is 5.48 Å². The van der Waals surface area contributed by atoms with Gasteiger partial charge >= 0.3 is 0 Å². The first kappa shape index (κ1) is 18.4. The Kier molecular flexibility index (Phi) is 6.78. The van der Waals surface area contributed by atoms with Crippen LogP contribution in [0.5, 0.6) is 0 Å². The molecule has 0 bridgehead atoms. The summed E-state index contributed by atoms with van der Waals surface area (Å²) in [4.78, 5) is 15.9. The van der Waals surface area contributed by atoms with E-state index < -0.39 is 12.0 Å². The minimum absolute atomic E-state index is 0.470. The van der Waals surface area contributed by atoms with Crippen molar-refractivity contribution in [3.05, 3.63) is 41.5 Å². The van der Waals surface area contributed by atoms with Crippen molar-refractivity contribution < 1.29 is 14.7 Å². The van der Waals surface area contributed by atoms with E-state index in [1.807, 2.05) is 18.2 Å². The highest BCUT2D eigenvalue weighted by atomic mass is 16.5. The maximum Gasteiger partial charge on any atom is 0.284 e. The van der Waals surface area contributed by atoms with E-state index in [0.29, 0.717) is 12.2 Å². The first-order chi connectivity index (χ1) is 11.5. The van der Waals surface area contributed by atoms with Crippen LogP contribution in [0.15, 0.2) is 30.3 Å². The maximum atomic E-state index is 11.4. The van der Waals surface area contributed by atoms with Crippen LogP contribution in [-0.4, -0.2) is 61.3 Å². The molecule has 132 valence electrons. The normalized spacial score (nSPS) is 17.1. The largest absolute Gasteiger partial charge is 0.480 e. The number of benzene rings is 1. The molecule has 0 radical (unpaired) electrons. The van der Waals surface area contributed by atoms with Crippen molar-refractivity contribution in [2.24, 2.45) is 0 Å². The van der Waals surface area contributed by atoms with Crippen LogP contribution in [0.4, 0.5) is 0 Å². The lowest BCUT2D eigenvalue weighted by molar-refractivity contribution is -0.136. The van der Waals surface area contributed by atoms with Gasteiger partial charge in [0.15, 0.2) is 6.10 Å². The summed E-state index contributed by atoms with van der Waals surface area (Å²) in [5, 5.41) is 8.65. The second kappa shape index (κ2) is 8.82. The highest BCUT2D eigenvalue weighted by Crippen LogP contribution is 2.26. The quantitative estimate of drug-likeness (QED) is 0.560. The molecule has 1 aromatic carbocycles. The summed E-state index contributed by atoms with van der Waals surface area (Å²) in [6.07, 6.45) is 2.85. The number of hydrogen-bond acceptors (Lipinski definition) is 5. The second-order valence-electron chi connectivity index (χ2n) is 6.48. The highest BCUT2D eigenvalue weighted by molar-refractivity contribution is 5.82. The molecule has 1 amide bonds. The van der Waals surface area contributed by atoms with Gasteiger partial charge in [0.2, 0.25) is 0 Å². The van der Waals surface area contributed by atoms with Gasteiger partial charge < -0.3 is 14.5 Å². The van der Waals surface area contributed by atoms with Crippen LogP contribution in [0, 0.1) is 0 Å². The lowest BCUT2D eigenvalue weighted by atomic mass is 10.1. The van der Waals surface area contributed by atoms with Crippen LogP contribution >= 0.6 is 0 Å². The maximum absolute atomic E-state index is 11.4. The first-order valence-corrected chi connectivity index (χ1v) is 8.23. The number of amides is 1. The topological polar surface area (TPSA) is 65.0 Å². The molecule has 24 heavy (non-hydrogen) atoms. The van der Waals surface area contributed by atoms with Crippen molar-refractivity contribution in [1.82, 2.24) is 15.3 Å². The van der Waals surface area contributed by atoms with Crippen LogP contribution in [0.1, 0.15) is 24.0 Å². The molecule has 1 aromatic rings. The van der Waals surface area contributed by atoms with E-state index in [-0.39, 0.29) is 0 Å². The van der Waals surface area contributed by atoms with Crippen molar-refractivity contribution >= 4 is 11.7 Å². The van der Waals surface area contributed by atoms with E-state index in [1.54, 1.807) is 5.48 Å². The molecule has 1 heterocycles. The molecular formula is C18H27N3O3. The third-order valence-electron chi connectivity index (χ3n) is 4.03. The lowest BCUT2D eigenvalue weighted by Gasteiger charge is -2.18. The van der Waals surface area contributed by atoms with E-state index in [2.05, 4.69) is 43.1 Å². The fraction of sp³-hybridized carbons (Fsp3) is 0.500. The van der Waals surface area contributed by atoms with Crippen LogP contribution in [0.3, 0.4) is 0 Å². The Hall–Kier alpha value is -1.89. The molecular weight excluding hydrogens is 306 g/mol. The molecule has 6 heteroatoms. The Morgan fingerprint density at radius 3 is 2.58 bits per heavy atom. The molecule has 0 aliphatic carbocycles. The third kappa shape index (κ3) is 5.33. The van der Waals surface area contributed by atoms with E-state index in [1.165, 1.54) is 5.56 Å². The van der Waals surface area contributed by atoms with Gasteiger partial charge in [0.25, 0.3) is 5.91 Å². The molecule has 6 nitrogen and oxygen atoms in total. The summed E-state index contributed by atoms with van der Waals surface area (Å²) < 4.78 is 5.57. The summed E-state index contributed by atoms with van der Waals surface area (Å²) in [5.74, 6) is 0.173. The molecule has 2 N–H and O–H groups in total. The number of hydroxylamine groups is 1. The van der Waals surface area contributed by atoms with Gasteiger partial charge in [-0.2, -0.15) is 0 Å². The van der Waals surface area contributed by atoms with Crippen LogP contribution in [-0.2, 0) is 16.1 Å². The lowest BCUT2D eigenvalue weighted by Crippen LogP contribution is -2.31. The average Bonchev–Trinajstić information content (AvgIpc) is 3.04. The molecule has 1 aliphatic heterocycles. The molecule has 0 fully saturated rings. The zero-order valence-corrected chi connectivity index (χ0v) is 14.7. The number of hydrogen-bond donors (Lipinski definition) is 2. The van der Waals surface area contributed by atoms with E-state index in [4.69, 9.17) is 9.94 Å². The van der Waals surface area contributed by atoms with Crippen molar-refractivity contribution in [2.45, 2.75) is 25.5 Å². The van der Waals surface area contributed by atoms with Gasteiger partial charge in [-0.05, 0) is 52.3 Å². The Balaban J connectivity index is 1.84. The second-order valence-corrected chi connectivity index (χ2v) is 6.48. The molecule has 0 spiro atoms. The number of nitrogens with zero attached hydrogens (tertiary/aromatic N) is 2. The fourth-order valence-corrected chi connectivity index (χ4v) is 2.70. The van der Waals surface area contributed by atoms with Crippen molar-refractivity contribution in [2.75, 3.05) is 34.2 Å². The summed E-state index contributed by atoms with van der Waals surface area (Å²) in [6.45, 7) is 3.06. The number of nitrogens with one attached hydrogen (secondary N) is 1. The van der Waals surface area contributed by atoms with Gasteiger partial charge in [0.05, 0.1) is 0 Å². The molecule has 1 unspecified atom stereocenters. The minimum Gasteiger partial charge on any atom is -0.480 e. The number of carbonyl (C=O) groups is 1. The Morgan fingerprint density at radius 2 is 1.96 bits per heavy atom. The standard InChI is InChI=1S/C18H27N3O3/c1-20(2)11-4-12-21(3)13-14-5-7-15(8-6-14)16-9-10-17(24-16)18(22)19-23/h5-9,17,23H,4,10-13H2,1-3H3,(H,19,22). The molecule has 0 aromatic heterocycles. The Labute approximate surface area is 143 Å². The van der Waals surface area contributed by atoms with Gasteiger partial charge in [0, 0.05) is 18.5 Å². The highest BCUT2D eigenvalue weighted by Gasteiger charge is 2.25. The summed E-state index contributed by atoms with van der Waals surface area (Å²) in [6, 6.07) is 8.19. The number of carbonyl (C=O) groups excluding carboxylic acids is 1. The third-order valence-corrected chi connectivity index (χ3v) is 4.03.